The number of rotatable bonds is 4. The van der Waals surface area contributed by atoms with Crippen molar-refractivity contribution in [3.05, 3.63) is 33.6 Å². The molecular weight excluding hydrogens is 235 g/mol. The van der Waals surface area contributed by atoms with Crippen LogP contribution in [0.5, 0.6) is 5.75 Å². The first-order valence-electron chi connectivity index (χ1n) is 4.61. The van der Waals surface area contributed by atoms with Crippen LogP contribution in [0.2, 0.25) is 0 Å². The quantitative estimate of drug-likeness (QED) is 0.429. The van der Waals surface area contributed by atoms with Crippen molar-refractivity contribution in [1.82, 2.24) is 0 Å². The van der Waals surface area contributed by atoms with Gasteiger partial charge in [0.15, 0.2) is 5.75 Å². The number of benzene rings is 1. The van der Waals surface area contributed by atoms with Crippen molar-refractivity contribution in [1.29, 1.82) is 0 Å². The summed E-state index contributed by atoms with van der Waals surface area (Å²) in [5.41, 5.74) is 3.82. The van der Waals surface area contributed by atoms with Gasteiger partial charge in [0.1, 0.15) is 11.9 Å². The molecule has 2 atom stereocenters. The number of halogens is 1. The zero-order chi connectivity index (χ0) is 13.2. The van der Waals surface area contributed by atoms with E-state index in [2.05, 4.69) is 0 Å². The van der Waals surface area contributed by atoms with Crippen LogP contribution >= 0.6 is 0 Å². The van der Waals surface area contributed by atoms with Gasteiger partial charge in [-0.3, -0.25) is 10.1 Å². The molecule has 0 aromatic heterocycles. The lowest BCUT2D eigenvalue weighted by Crippen LogP contribution is -2.27. The Morgan fingerprint density at radius 2 is 2.06 bits per heavy atom. The maximum Gasteiger partial charge on any atom is 0.311 e. The van der Waals surface area contributed by atoms with Crippen LogP contribution in [0.15, 0.2) is 12.1 Å². The SMILES string of the molecule is NCC(O)C(O)c1cc([N+](=O)[O-])c(O)cc1F. The summed E-state index contributed by atoms with van der Waals surface area (Å²) in [5.74, 6) is -1.92. The van der Waals surface area contributed by atoms with Crippen molar-refractivity contribution >= 4 is 5.69 Å². The monoisotopic (exact) mass is 246 g/mol. The van der Waals surface area contributed by atoms with Crippen molar-refractivity contribution in [2.45, 2.75) is 12.2 Å². The lowest BCUT2D eigenvalue weighted by molar-refractivity contribution is -0.386. The zero-order valence-corrected chi connectivity index (χ0v) is 8.58. The van der Waals surface area contributed by atoms with Crippen LogP contribution in [-0.4, -0.2) is 32.9 Å². The minimum Gasteiger partial charge on any atom is -0.502 e. The lowest BCUT2D eigenvalue weighted by atomic mass is 10.0. The molecule has 17 heavy (non-hydrogen) atoms. The Bertz CT molecular complexity index is 440. The molecule has 0 spiro atoms. The third kappa shape index (κ3) is 2.67. The molecule has 1 rings (SSSR count). The predicted octanol–water partition coefficient (Wildman–Crippen LogP) is -0.207. The summed E-state index contributed by atoms with van der Waals surface area (Å²) in [6, 6.07) is 1.16. The first-order chi connectivity index (χ1) is 7.88. The average molecular weight is 246 g/mol. The Labute approximate surface area is 95.1 Å². The number of aliphatic hydroxyl groups is 2. The number of aliphatic hydroxyl groups excluding tert-OH is 2. The maximum atomic E-state index is 13.3. The fourth-order valence-electron chi connectivity index (χ4n) is 1.28. The van der Waals surface area contributed by atoms with E-state index in [4.69, 9.17) is 10.8 Å². The molecule has 0 aliphatic heterocycles. The van der Waals surface area contributed by atoms with Crippen LogP contribution < -0.4 is 5.73 Å². The smallest absolute Gasteiger partial charge is 0.311 e. The van der Waals surface area contributed by atoms with Crippen molar-refractivity contribution in [2.24, 2.45) is 5.73 Å². The molecule has 1 aromatic carbocycles. The van der Waals surface area contributed by atoms with Gasteiger partial charge in [-0.1, -0.05) is 0 Å². The molecule has 0 bridgehead atoms. The van der Waals surface area contributed by atoms with Crippen molar-refractivity contribution in [3.8, 4) is 5.75 Å². The Balaban J connectivity index is 3.24. The number of phenols is 1. The third-order valence-electron chi connectivity index (χ3n) is 2.22. The summed E-state index contributed by atoms with van der Waals surface area (Å²) in [7, 11) is 0. The van der Waals surface area contributed by atoms with Crippen molar-refractivity contribution in [2.75, 3.05) is 6.54 Å². The van der Waals surface area contributed by atoms with Crippen LogP contribution in [-0.2, 0) is 0 Å². The minimum absolute atomic E-state index is 0.338. The van der Waals surface area contributed by atoms with Crippen LogP contribution in [0, 0.1) is 15.9 Å². The summed E-state index contributed by atoms with van der Waals surface area (Å²) in [5, 5.41) is 38.3. The van der Waals surface area contributed by atoms with Gasteiger partial charge in [-0.05, 0) is 0 Å². The highest BCUT2D eigenvalue weighted by Crippen LogP contribution is 2.32. The average Bonchev–Trinajstić information content (AvgIpc) is 2.26. The van der Waals surface area contributed by atoms with Crippen LogP contribution in [0.4, 0.5) is 10.1 Å². The molecule has 0 saturated heterocycles. The molecular formula is C9H11FN2O5. The molecule has 0 amide bonds. The van der Waals surface area contributed by atoms with E-state index in [1.165, 1.54) is 0 Å². The highest BCUT2D eigenvalue weighted by molar-refractivity contribution is 5.49. The van der Waals surface area contributed by atoms with E-state index in [9.17, 15) is 24.7 Å². The summed E-state index contributed by atoms with van der Waals surface area (Å²) in [6.45, 7) is -0.338. The van der Waals surface area contributed by atoms with E-state index in [1.807, 2.05) is 0 Å². The number of nitro groups is 1. The number of phenolic OH excluding ortho intramolecular Hbond substituents is 1. The minimum atomic E-state index is -1.70. The van der Waals surface area contributed by atoms with Crippen LogP contribution in [0.25, 0.3) is 0 Å². The first kappa shape index (κ1) is 13.3. The highest BCUT2D eigenvalue weighted by atomic mass is 19.1. The standard InChI is InChI=1S/C9H11FN2O5/c10-5-2-7(13)6(12(16)17)1-4(5)9(15)8(14)3-11/h1-2,8-9,13-15H,3,11H2. The maximum absolute atomic E-state index is 13.3. The number of hydrogen-bond acceptors (Lipinski definition) is 6. The topological polar surface area (TPSA) is 130 Å². The van der Waals surface area contributed by atoms with E-state index in [-0.39, 0.29) is 6.54 Å². The first-order valence-corrected chi connectivity index (χ1v) is 4.61. The largest absolute Gasteiger partial charge is 0.502 e. The van der Waals surface area contributed by atoms with Crippen LogP contribution in [0.3, 0.4) is 0 Å². The fraction of sp³-hybridized carbons (Fsp3) is 0.333. The zero-order valence-electron chi connectivity index (χ0n) is 8.58. The van der Waals surface area contributed by atoms with Gasteiger partial charge in [0, 0.05) is 24.2 Å². The number of aromatic hydroxyl groups is 1. The van der Waals surface area contributed by atoms with Gasteiger partial charge in [-0.2, -0.15) is 0 Å². The molecule has 0 radical (unpaired) electrons. The van der Waals surface area contributed by atoms with Gasteiger partial charge < -0.3 is 21.1 Å². The van der Waals surface area contributed by atoms with Gasteiger partial charge in [-0.15, -0.1) is 0 Å². The molecule has 0 fully saturated rings. The van der Waals surface area contributed by atoms with Gasteiger partial charge in [-0.25, -0.2) is 4.39 Å². The lowest BCUT2D eigenvalue weighted by Gasteiger charge is -2.16. The van der Waals surface area contributed by atoms with E-state index < -0.39 is 39.9 Å². The molecule has 0 aliphatic rings. The van der Waals surface area contributed by atoms with Gasteiger partial charge in [0.05, 0.1) is 11.0 Å². The van der Waals surface area contributed by atoms with E-state index in [0.29, 0.717) is 12.1 Å². The number of nitrogens with two attached hydrogens (primary N) is 1. The summed E-state index contributed by atoms with van der Waals surface area (Å²) < 4.78 is 13.3. The predicted molar refractivity (Wildman–Crippen MR) is 54.7 cm³/mol. The fourth-order valence-corrected chi connectivity index (χ4v) is 1.28. The molecule has 7 nitrogen and oxygen atoms in total. The Morgan fingerprint density at radius 3 is 2.53 bits per heavy atom. The third-order valence-corrected chi connectivity index (χ3v) is 2.22. The Morgan fingerprint density at radius 1 is 1.47 bits per heavy atom. The summed E-state index contributed by atoms with van der Waals surface area (Å²) in [6.07, 6.45) is -3.15. The Kier molecular flexibility index (Phi) is 3.94. The second-order valence-corrected chi connectivity index (χ2v) is 3.37. The molecule has 2 unspecified atom stereocenters. The number of hydrogen-bond donors (Lipinski definition) is 4. The molecule has 1 aromatic rings. The molecule has 94 valence electrons. The molecule has 8 heteroatoms. The van der Waals surface area contributed by atoms with Gasteiger partial charge in [0.25, 0.3) is 0 Å². The number of nitro benzene ring substituents is 1. The van der Waals surface area contributed by atoms with Crippen molar-refractivity contribution in [3.63, 3.8) is 0 Å². The normalized spacial score (nSPS) is 14.4. The summed E-state index contributed by atoms with van der Waals surface area (Å²) in [4.78, 5) is 9.57. The van der Waals surface area contributed by atoms with Crippen molar-refractivity contribution < 1.29 is 24.6 Å². The van der Waals surface area contributed by atoms with E-state index in [1.54, 1.807) is 0 Å². The number of nitrogens with zero attached hydrogens (tertiary/aromatic N) is 1. The molecule has 0 heterocycles. The second-order valence-electron chi connectivity index (χ2n) is 3.37. The van der Waals surface area contributed by atoms with Gasteiger partial charge >= 0.3 is 5.69 Å². The summed E-state index contributed by atoms with van der Waals surface area (Å²) >= 11 is 0. The molecule has 0 saturated carbocycles. The molecule has 5 N–H and O–H groups in total. The van der Waals surface area contributed by atoms with E-state index in [0.717, 1.165) is 0 Å². The molecule has 0 aliphatic carbocycles. The van der Waals surface area contributed by atoms with Crippen LogP contribution in [0.1, 0.15) is 11.7 Å². The Hall–Kier alpha value is -1.77. The van der Waals surface area contributed by atoms with Gasteiger partial charge in [0.2, 0.25) is 0 Å². The highest BCUT2D eigenvalue weighted by Gasteiger charge is 2.25. The van der Waals surface area contributed by atoms with E-state index >= 15 is 0 Å². The second kappa shape index (κ2) is 5.04.